The van der Waals surface area contributed by atoms with Crippen LogP contribution in [0.2, 0.25) is 0 Å². The number of hydrogen-bond acceptors (Lipinski definition) is 3. The summed E-state index contributed by atoms with van der Waals surface area (Å²) >= 11 is 0. The molecule has 0 radical (unpaired) electrons. The standard InChI is InChI=1S/C9H13N5/c1-7-9(8(2)13(3)11-7)6-14-5-4-10-12-14/h4-5H,6H2,1-3H3. The molecule has 5 heteroatoms. The van der Waals surface area contributed by atoms with Crippen molar-refractivity contribution in [3.8, 4) is 0 Å². The fourth-order valence-electron chi connectivity index (χ4n) is 1.53. The van der Waals surface area contributed by atoms with Crippen LogP contribution in [0.15, 0.2) is 12.4 Å². The van der Waals surface area contributed by atoms with Crippen molar-refractivity contribution in [1.29, 1.82) is 0 Å². The number of nitrogens with zero attached hydrogens (tertiary/aromatic N) is 5. The smallest absolute Gasteiger partial charge is 0.0713 e. The predicted molar refractivity (Wildman–Crippen MR) is 51.8 cm³/mol. The lowest BCUT2D eigenvalue weighted by atomic mass is 10.2. The van der Waals surface area contributed by atoms with Crippen molar-refractivity contribution in [3.63, 3.8) is 0 Å². The molecule has 0 N–H and O–H groups in total. The van der Waals surface area contributed by atoms with E-state index >= 15 is 0 Å². The fourth-order valence-corrected chi connectivity index (χ4v) is 1.53. The van der Waals surface area contributed by atoms with Crippen LogP contribution in [0.1, 0.15) is 17.0 Å². The third kappa shape index (κ3) is 1.41. The largest absolute Gasteiger partial charge is 0.272 e. The lowest BCUT2D eigenvalue weighted by molar-refractivity contribution is 0.643. The van der Waals surface area contributed by atoms with E-state index in [1.165, 1.54) is 11.3 Å². The zero-order valence-electron chi connectivity index (χ0n) is 8.60. The minimum atomic E-state index is 0.742. The zero-order valence-corrected chi connectivity index (χ0v) is 8.60. The summed E-state index contributed by atoms with van der Waals surface area (Å²) in [5, 5.41) is 12.0. The first kappa shape index (κ1) is 8.93. The summed E-state index contributed by atoms with van der Waals surface area (Å²) in [4.78, 5) is 0. The number of aromatic nitrogens is 5. The molecule has 74 valence electrons. The van der Waals surface area contributed by atoms with E-state index in [2.05, 4.69) is 22.3 Å². The molecule has 0 aliphatic rings. The van der Waals surface area contributed by atoms with Gasteiger partial charge in [-0.15, -0.1) is 5.10 Å². The van der Waals surface area contributed by atoms with Crippen LogP contribution >= 0.6 is 0 Å². The van der Waals surface area contributed by atoms with E-state index in [9.17, 15) is 0 Å². The van der Waals surface area contributed by atoms with Gasteiger partial charge in [-0.05, 0) is 13.8 Å². The first-order valence-corrected chi connectivity index (χ1v) is 4.51. The third-order valence-corrected chi connectivity index (χ3v) is 2.45. The maximum Gasteiger partial charge on any atom is 0.0713 e. The molecule has 0 spiro atoms. The Kier molecular flexibility index (Phi) is 2.07. The van der Waals surface area contributed by atoms with Crippen molar-refractivity contribution in [3.05, 3.63) is 29.3 Å². The van der Waals surface area contributed by atoms with E-state index in [1.54, 1.807) is 10.9 Å². The molecule has 0 aliphatic heterocycles. The molecule has 14 heavy (non-hydrogen) atoms. The first-order chi connectivity index (χ1) is 6.68. The van der Waals surface area contributed by atoms with Gasteiger partial charge in [0, 0.05) is 24.5 Å². The monoisotopic (exact) mass is 191 g/mol. The van der Waals surface area contributed by atoms with Crippen LogP contribution in [0, 0.1) is 13.8 Å². The Morgan fingerprint density at radius 3 is 2.64 bits per heavy atom. The summed E-state index contributed by atoms with van der Waals surface area (Å²) < 4.78 is 3.69. The molecule has 2 aromatic rings. The van der Waals surface area contributed by atoms with Crippen LogP contribution in [0.3, 0.4) is 0 Å². The maximum absolute atomic E-state index is 4.35. The van der Waals surface area contributed by atoms with Crippen molar-refractivity contribution in [2.24, 2.45) is 7.05 Å². The second-order valence-corrected chi connectivity index (χ2v) is 3.37. The van der Waals surface area contributed by atoms with Gasteiger partial charge in [-0.2, -0.15) is 5.10 Å². The van der Waals surface area contributed by atoms with Crippen LogP contribution in [0.25, 0.3) is 0 Å². The molecule has 0 saturated carbocycles. The summed E-state index contributed by atoms with van der Waals surface area (Å²) in [5.41, 5.74) is 3.46. The van der Waals surface area contributed by atoms with Gasteiger partial charge in [0.2, 0.25) is 0 Å². The Morgan fingerprint density at radius 1 is 1.36 bits per heavy atom. The van der Waals surface area contributed by atoms with Crippen LogP contribution in [0.4, 0.5) is 0 Å². The average molecular weight is 191 g/mol. The van der Waals surface area contributed by atoms with Gasteiger partial charge in [0.1, 0.15) is 0 Å². The van der Waals surface area contributed by atoms with Crippen LogP contribution < -0.4 is 0 Å². The second kappa shape index (κ2) is 3.25. The summed E-state index contributed by atoms with van der Waals surface area (Å²) in [7, 11) is 1.95. The molecule has 0 fully saturated rings. The van der Waals surface area contributed by atoms with E-state index in [4.69, 9.17) is 0 Å². The quantitative estimate of drug-likeness (QED) is 0.701. The highest BCUT2D eigenvalue weighted by molar-refractivity contribution is 5.24. The number of rotatable bonds is 2. The second-order valence-electron chi connectivity index (χ2n) is 3.37. The van der Waals surface area contributed by atoms with E-state index in [-0.39, 0.29) is 0 Å². The van der Waals surface area contributed by atoms with Crippen molar-refractivity contribution in [1.82, 2.24) is 24.8 Å². The molecule has 2 aromatic heterocycles. The predicted octanol–water partition coefficient (Wildman–Crippen LogP) is 0.677. The van der Waals surface area contributed by atoms with Gasteiger partial charge in [0.15, 0.2) is 0 Å². The Bertz CT molecular complexity index is 426. The van der Waals surface area contributed by atoms with E-state index < -0.39 is 0 Å². The molecular formula is C9H13N5. The van der Waals surface area contributed by atoms with E-state index in [1.807, 2.05) is 24.9 Å². The average Bonchev–Trinajstić information content (AvgIpc) is 2.71. The lowest BCUT2D eigenvalue weighted by Crippen LogP contribution is -2.03. The highest BCUT2D eigenvalue weighted by Gasteiger charge is 2.09. The molecule has 0 saturated heterocycles. The van der Waals surface area contributed by atoms with E-state index in [0.717, 1.165) is 12.2 Å². The molecule has 0 unspecified atom stereocenters. The minimum absolute atomic E-state index is 0.742. The van der Waals surface area contributed by atoms with Gasteiger partial charge in [0.05, 0.1) is 18.4 Å². The normalized spacial score (nSPS) is 10.8. The Morgan fingerprint density at radius 2 is 2.14 bits per heavy atom. The van der Waals surface area contributed by atoms with Gasteiger partial charge < -0.3 is 0 Å². The van der Waals surface area contributed by atoms with Gasteiger partial charge in [-0.25, -0.2) is 4.68 Å². The Balaban J connectivity index is 2.33. The van der Waals surface area contributed by atoms with Crippen molar-refractivity contribution >= 4 is 0 Å². The van der Waals surface area contributed by atoms with E-state index in [0.29, 0.717) is 0 Å². The number of aryl methyl sites for hydroxylation is 2. The summed E-state index contributed by atoms with van der Waals surface area (Å²) in [6, 6.07) is 0. The van der Waals surface area contributed by atoms with Crippen molar-refractivity contribution in [2.45, 2.75) is 20.4 Å². The van der Waals surface area contributed by atoms with Gasteiger partial charge in [-0.1, -0.05) is 5.21 Å². The zero-order chi connectivity index (χ0) is 10.1. The van der Waals surface area contributed by atoms with Gasteiger partial charge >= 0.3 is 0 Å². The van der Waals surface area contributed by atoms with Crippen LogP contribution in [-0.2, 0) is 13.6 Å². The maximum atomic E-state index is 4.35. The summed E-state index contributed by atoms with van der Waals surface area (Å²) in [6.07, 6.45) is 3.53. The SMILES string of the molecule is Cc1nn(C)c(C)c1Cn1ccnn1. The molecule has 0 aromatic carbocycles. The highest BCUT2D eigenvalue weighted by Crippen LogP contribution is 2.12. The van der Waals surface area contributed by atoms with Crippen molar-refractivity contribution in [2.75, 3.05) is 0 Å². The lowest BCUT2D eigenvalue weighted by Gasteiger charge is -2.00. The fraction of sp³-hybridized carbons (Fsp3) is 0.444. The molecule has 5 nitrogen and oxygen atoms in total. The Hall–Kier alpha value is -1.65. The highest BCUT2D eigenvalue weighted by atomic mass is 15.4. The van der Waals surface area contributed by atoms with Gasteiger partial charge in [0.25, 0.3) is 0 Å². The molecular weight excluding hydrogens is 178 g/mol. The van der Waals surface area contributed by atoms with Crippen molar-refractivity contribution < 1.29 is 0 Å². The topological polar surface area (TPSA) is 48.5 Å². The molecule has 0 bridgehead atoms. The molecule has 2 rings (SSSR count). The minimum Gasteiger partial charge on any atom is -0.272 e. The molecule has 2 heterocycles. The molecule has 0 aliphatic carbocycles. The number of hydrogen-bond donors (Lipinski definition) is 0. The Labute approximate surface area is 82.4 Å². The summed E-state index contributed by atoms with van der Waals surface area (Å²) in [5.74, 6) is 0. The molecule has 0 atom stereocenters. The van der Waals surface area contributed by atoms with Crippen LogP contribution in [-0.4, -0.2) is 24.8 Å². The van der Waals surface area contributed by atoms with Crippen LogP contribution in [0.5, 0.6) is 0 Å². The van der Waals surface area contributed by atoms with Gasteiger partial charge in [-0.3, -0.25) is 4.68 Å². The molecule has 0 amide bonds. The third-order valence-electron chi connectivity index (χ3n) is 2.45. The first-order valence-electron chi connectivity index (χ1n) is 4.51. The summed E-state index contributed by atoms with van der Waals surface area (Å²) in [6.45, 7) is 4.82.